The Morgan fingerprint density at radius 1 is 1.15 bits per heavy atom. The number of rotatable bonds is 4. The summed E-state index contributed by atoms with van der Waals surface area (Å²) in [5.41, 5.74) is 0. The highest BCUT2D eigenvalue weighted by Gasteiger charge is 2.19. The number of nitrogens with one attached hydrogen (secondary N) is 1. The van der Waals surface area contributed by atoms with E-state index in [2.05, 4.69) is 16.3 Å². The summed E-state index contributed by atoms with van der Waals surface area (Å²) in [6, 6.07) is 0.000655. The van der Waals surface area contributed by atoms with Crippen molar-refractivity contribution in [3.8, 4) is 0 Å². The standard InChI is InChI=1S/C15H27N3O2/c19-13-12-17-8-10-18(11-9-17)15(20)16-7-6-14-4-2-1-3-5-14/h6-7,14,19H,1-5,8-13H2,(H,16,20)/b7-6+. The van der Waals surface area contributed by atoms with Crippen LogP contribution in [0.4, 0.5) is 4.79 Å². The van der Waals surface area contributed by atoms with Crippen LogP contribution >= 0.6 is 0 Å². The SMILES string of the molecule is O=C(N/C=C/C1CCCCC1)N1CCN(CCO)CC1. The molecule has 114 valence electrons. The lowest BCUT2D eigenvalue weighted by Gasteiger charge is -2.34. The van der Waals surface area contributed by atoms with Gasteiger partial charge in [-0.05, 0) is 18.8 Å². The summed E-state index contributed by atoms with van der Waals surface area (Å²) < 4.78 is 0. The van der Waals surface area contributed by atoms with Gasteiger partial charge in [0.1, 0.15) is 0 Å². The number of hydrogen-bond acceptors (Lipinski definition) is 3. The Balaban J connectivity index is 1.66. The molecule has 1 aliphatic heterocycles. The van der Waals surface area contributed by atoms with Crippen molar-refractivity contribution >= 4 is 6.03 Å². The van der Waals surface area contributed by atoms with Crippen LogP contribution in [0, 0.1) is 5.92 Å². The lowest BCUT2D eigenvalue weighted by molar-refractivity contribution is 0.123. The van der Waals surface area contributed by atoms with E-state index in [4.69, 9.17) is 5.11 Å². The first kappa shape index (κ1) is 15.3. The lowest BCUT2D eigenvalue weighted by Crippen LogP contribution is -2.51. The number of carbonyl (C=O) groups excluding carboxylic acids is 1. The number of amides is 2. The van der Waals surface area contributed by atoms with Gasteiger partial charge < -0.3 is 15.3 Å². The number of piperazine rings is 1. The molecule has 2 rings (SSSR count). The number of allylic oxidation sites excluding steroid dienone is 1. The number of hydrogen-bond donors (Lipinski definition) is 2. The maximum absolute atomic E-state index is 12.0. The normalized spacial score (nSPS) is 22.4. The molecule has 0 bridgehead atoms. The molecule has 0 atom stereocenters. The Labute approximate surface area is 121 Å². The molecule has 2 fully saturated rings. The minimum atomic E-state index is 0.000655. The minimum absolute atomic E-state index is 0.000655. The highest BCUT2D eigenvalue weighted by Crippen LogP contribution is 2.24. The highest BCUT2D eigenvalue weighted by atomic mass is 16.3. The first-order chi connectivity index (χ1) is 9.79. The van der Waals surface area contributed by atoms with Gasteiger partial charge in [0.15, 0.2) is 0 Å². The molecule has 2 amide bonds. The molecule has 1 saturated carbocycles. The van der Waals surface area contributed by atoms with Crippen molar-refractivity contribution in [2.45, 2.75) is 32.1 Å². The molecule has 0 spiro atoms. The molecule has 0 aromatic heterocycles. The molecule has 2 aliphatic rings. The van der Waals surface area contributed by atoms with Gasteiger partial charge in [-0.25, -0.2) is 4.79 Å². The second kappa shape index (κ2) is 8.27. The van der Waals surface area contributed by atoms with Gasteiger partial charge in [-0.2, -0.15) is 0 Å². The third-order valence-electron chi connectivity index (χ3n) is 4.30. The average Bonchev–Trinajstić information content (AvgIpc) is 2.49. The van der Waals surface area contributed by atoms with Gasteiger partial charge in [0.05, 0.1) is 6.61 Å². The number of urea groups is 1. The molecular formula is C15H27N3O2. The van der Waals surface area contributed by atoms with E-state index in [1.807, 2.05) is 11.1 Å². The van der Waals surface area contributed by atoms with E-state index in [1.165, 1.54) is 32.1 Å². The molecule has 0 aromatic rings. The highest BCUT2D eigenvalue weighted by molar-refractivity contribution is 5.75. The topological polar surface area (TPSA) is 55.8 Å². The van der Waals surface area contributed by atoms with Crippen molar-refractivity contribution in [1.29, 1.82) is 0 Å². The van der Waals surface area contributed by atoms with Crippen LogP contribution in [0.25, 0.3) is 0 Å². The van der Waals surface area contributed by atoms with Gasteiger partial charge in [0, 0.05) is 38.9 Å². The summed E-state index contributed by atoms with van der Waals surface area (Å²) in [6.07, 6.45) is 10.5. The van der Waals surface area contributed by atoms with E-state index in [0.717, 1.165) is 26.2 Å². The van der Waals surface area contributed by atoms with E-state index in [1.54, 1.807) is 0 Å². The summed E-state index contributed by atoms with van der Waals surface area (Å²) in [6.45, 7) is 4.07. The zero-order chi connectivity index (χ0) is 14.2. The molecular weight excluding hydrogens is 254 g/mol. The van der Waals surface area contributed by atoms with Crippen LogP contribution < -0.4 is 5.32 Å². The molecule has 5 heteroatoms. The van der Waals surface area contributed by atoms with Crippen LogP contribution in [0.3, 0.4) is 0 Å². The van der Waals surface area contributed by atoms with Gasteiger partial charge in [-0.15, -0.1) is 0 Å². The molecule has 2 N–H and O–H groups in total. The van der Waals surface area contributed by atoms with Gasteiger partial charge in [-0.3, -0.25) is 4.90 Å². The monoisotopic (exact) mass is 281 g/mol. The van der Waals surface area contributed by atoms with E-state index in [-0.39, 0.29) is 12.6 Å². The number of β-amino-alcohol motifs (C(OH)–C–C–N with tert-alkyl or cyclic N) is 1. The van der Waals surface area contributed by atoms with Crippen LogP contribution in [0.1, 0.15) is 32.1 Å². The van der Waals surface area contributed by atoms with Crippen LogP contribution in [0.5, 0.6) is 0 Å². The largest absolute Gasteiger partial charge is 0.395 e. The smallest absolute Gasteiger partial charge is 0.321 e. The van der Waals surface area contributed by atoms with E-state index < -0.39 is 0 Å². The maximum Gasteiger partial charge on any atom is 0.321 e. The van der Waals surface area contributed by atoms with Gasteiger partial charge >= 0.3 is 6.03 Å². The molecule has 1 aliphatic carbocycles. The van der Waals surface area contributed by atoms with Crippen LogP contribution in [0.15, 0.2) is 12.3 Å². The summed E-state index contributed by atoms with van der Waals surface area (Å²) in [4.78, 5) is 16.0. The molecule has 20 heavy (non-hydrogen) atoms. The predicted molar refractivity (Wildman–Crippen MR) is 79.3 cm³/mol. The minimum Gasteiger partial charge on any atom is -0.395 e. The molecule has 0 aromatic carbocycles. The average molecular weight is 281 g/mol. The Morgan fingerprint density at radius 2 is 1.85 bits per heavy atom. The lowest BCUT2D eigenvalue weighted by atomic mass is 9.89. The predicted octanol–water partition coefficient (Wildman–Crippen LogP) is 1.40. The first-order valence-electron chi connectivity index (χ1n) is 7.85. The van der Waals surface area contributed by atoms with Gasteiger partial charge in [0.2, 0.25) is 0 Å². The number of carbonyl (C=O) groups is 1. The molecule has 5 nitrogen and oxygen atoms in total. The van der Waals surface area contributed by atoms with E-state index in [9.17, 15) is 4.79 Å². The van der Waals surface area contributed by atoms with Crippen LogP contribution in [-0.4, -0.2) is 60.3 Å². The summed E-state index contributed by atoms with van der Waals surface area (Å²) in [7, 11) is 0. The second-order valence-electron chi connectivity index (χ2n) is 5.76. The van der Waals surface area contributed by atoms with Gasteiger partial charge in [-0.1, -0.05) is 25.3 Å². The number of aliphatic hydroxyl groups is 1. The third-order valence-corrected chi connectivity index (χ3v) is 4.30. The Bertz CT molecular complexity index is 319. The zero-order valence-corrected chi connectivity index (χ0v) is 12.3. The third kappa shape index (κ3) is 4.80. The van der Waals surface area contributed by atoms with Crippen LogP contribution in [-0.2, 0) is 0 Å². The second-order valence-corrected chi connectivity index (χ2v) is 5.76. The Kier molecular flexibility index (Phi) is 6.33. The van der Waals surface area contributed by atoms with Crippen molar-refractivity contribution in [3.05, 3.63) is 12.3 Å². The van der Waals surface area contributed by atoms with E-state index >= 15 is 0 Å². The molecule has 0 unspecified atom stereocenters. The van der Waals surface area contributed by atoms with Gasteiger partial charge in [0.25, 0.3) is 0 Å². The van der Waals surface area contributed by atoms with Crippen molar-refractivity contribution in [3.63, 3.8) is 0 Å². The van der Waals surface area contributed by atoms with Crippen molar-refractivity contribution in [1.82, 2.24) is 15.1 Å². The summed E-state index contributed by atoms with van der Waals surface area (Å²) in [5, 5.41) is 11.8. The van der Waals surface area contributed by atoms with E-state index in [0.29, 0.717) is 12.5 Å². The molecule has 0 radical (unpaired) electrons. The molecule has 1 saturated heterocycles. The number of aliphatic hydroxyl groups excluding tert-OH is 1. The van der Waals surface area contributed by atoms with Crippen molar-refractivity contribution in [2.24, 2.45) is 5.92 Å². The zero-order valence-electron chi connectivity index (χ0n) is 12.3. The quantitative estimate of drug-likeness (QED) is 0.819. The fourth-order valence-corrected chi connectivity index (χ4v) is 2.99. The van der Waals surface area contributed by atoms with Crippen molar-refractivity contribution < 1.29 is 9.90 Å². The van der Waals surface area contributed by atoms with Crippen molar-refractivity contribution in [2.75, 3.05) is 39.3 Å². The molecule has 1 heterocycles. The fraction of sp³-hybridized carbons (Fsp3) is 0.800. The Hall–Kier alpha value is -1.07. The first-order valence-corrected chi connectivity index (χ1v) is 7.85. The maximum atomic E-state index is 12.0. The Morgan fingerprint density at radius 3 is 2.50 bits per heavy atom. The number of nitrogens with zero attached hydrogens (tertiary/aromatic N) is 2. The summed E-state index contributed by atoms with van der Waals surface area (Å²) >= 11 is 0. The van der Waals surface area contributed by atoms with Crippen LogP contribution in [0.2, 0.25) is 0 Å². The summed E-state index contributed by atoms with van der Waals surface area (Å²) in [5.74, 6) is 0.644. The fourth-order valence-electron chi connectivity index (χ4n) is 2.99.